The number of carbonyl (C=O) groups excluding carboxylic acids is 1. The number of amides is 1. The molecule has 1 aromatic heterocycles. The molecule has 0 unspecified atom stereocenters. The molecule has 2 heterocycles. The first kappa shape index (κ1) is 15.3. The molecule has 0 aliphatic carbocycles. The summed E-state index contributed by atoms with van der Waals surface area (Å²) in [5.74, 6) is 0.896. The molecule has 0 atom stereocenters. The molecular weight excluding hydrogens is 292 g/mol. The Balaban J connectivity index is 1.59. The number of aromatic hydroxyl groups is 1. The van der Waals surface area contributed by atoms with E-state index in [0.717, 1.165) is 37.3 Å². The number of rotatable bonds is 3. The predicted molar refractivity (Wildman–Crippen MR) is 88.4 cm³/mol. The summed E-state index contributed by atoms with van der Waals surface area (Å²) in [5.41, 5.74) is 1.23. The summed E-state index contributed by atoms with van der Waals surface area (Å²) < 4.78 is 0. The summed E-state index contributed by atoms with van der Waals surface area (Å²) in [5, 5.41) is 12.8. The summed E-state index contributed by atoms with van der Waals surface area (Å²) in [7, 11) is 0. The minimum atomic E-state index is -0.0529. The normalized spacial score (nSPS) is 15.4. The van der Waals surface area contributed by atoms with Crippen molar-refractivity contribution in [3.05, 3.63) is 42.4 Å². The highest BCUT2D eigenvalue weighted by atomic mass is 16.3. The van der Waals surface area contributed by atoms with Crippen molar-refractivity contribution in [2.75, 3.05) is 23.3 Å². The number of carbonyl (C=O) groups is 1. The quantitative estimate of drug-likeness (QED) is 0.851. The molecule has 1 aromatic carbocycles. The van der Waals surface area contributed by atoms with E-state index in [-0.39, 0.29) is 17.6 Å². The van der Waals surface area contributed by atoms with Gasteiger partial charge in [0.1, 0.15) is 11.6 Å². The van der Waals surface area contributed by atoms with Crippen molar-refractivity contribution in [2.24, 2.45) is 5.92 Å². The summed E-state index contributed by atoms with van der Waals surface area (Å²) in [4.78, 5) is 22.9. The number of aryl methyl sites for hydroxylation is 1. The van der Waals surface area contributed by atoms with Gasteiger partial charge in [-0.2, -0.15) is 0 Å². The minimum absolute atomic E-state index is 0.0373. The smallest absolute Gasteiger partial charge is 0.227 e. The molecule has 1 amide bonds. The van der Waals surface area contributed by atoms with Gasteiger partial charge in [-0.3, -0.25) is 9.78 Å². The Labute approximate surface area is 135 Å². The lowest BCUT2D eigenvalue weighted by atomic mass is 9.95. The lowest BCUT2D eigenvalue weighted by Gasteiger charge is -2.31. The third kappa shape index (κ3) is 3.41. The Hall–Kier alpha value is -2.63. The van der Waals surface area contributed by atoms with Crippen LogP contribution in [0.5, 0.6) is 5.75 Å². The van der Waals surface area contributed by atoms with E-state index in [2.05, 4.69) is 20.2 Å². The number of piperidine rings is 1. The van der Waals surface area contributed by atoms with Gasteiger partial charge >= 0.3 is 0 Å². The number of hydrogen-bond donors (Lipinski definition) is 2. The van der Waals surface area contributed by atoms with Gasteiger partial charge in [0, 0.05) is 31.4 Å². The number of anilines is 2. The SMILES string of the molecule is Cc1cccc(NC(=O)C2CCN(c3cnccn3)CC2)c1O. The van der Waals surface area contributed by atoms with E-state index in [1.807, 2.05) is 19.1 Å². The molecule has 1 fully saturated rings. The highest BCUT2D eigenvalue weighted by Gasteiger charge is 2.26. The van der Waals surface area contributed by atoms with Crippen molar-refractivity contribution < 1.29 is 9.90 Å². The van der Waals surface area contributed by atoms with Crippen molar-refractivity contribution >= 4 is 17.4 Å². The van der Waals surface area contributed by atoms with E-state index in [1.54, 1.807) is 24.7 Å². The monoisotopic (exact) mass is 312 g/mol. The van der Waals surface area contributed by atoms with Crippen molar-refractivity contribution in [1.29, 1.82) is 0 Å². The Morgan fingerprint density at radius 3 is 2.78 bits per heavy atom. The van der Waals surface area contributed by atoms with Crippen LogP contribution in [-0.2, 0) is 4.79 Å². The summed E-state index contributed by atoms with van der Waals surface area (Å²) >= 11 is 0. The van der Waals surface area contributed by atoms with E-state index >= 15 is 0 Å². The van der Waals surface area contributed by atoms with E-state index in [9.17, 15) is 9.90 Å². The Morgan fingerprint density at radius 2 is 2.09 bits per heavy atom. The van der Waals surface area contributed by atoms with Crippen LogP contribution in [0.2, 0.25) is 0 Å². The molecule has 23 heavy (non-hydrogen) atoms. The van der Waals surface area contributed by atoms with Crippen molar-refractivity contribution in [2.45, 2.75) is 19.8 Å². The van der Waals surface area contributed by atoms with Gasteiger partial charge in [-0.25, -0.2) is 4.98 Å². The number of phenolic OH excluding ortho intramolecular Hbond substituents is 1. The molecule has 2 N–H and O–H groups in total. The summed E-state index contributed by atoms with van der Waals surface area (Å²) in [6.45, 7) is 3.36. The number of benzene rings is 1. The van der Waals surface area contributed by atoms with Gasteiger partial charge in [-0.1, -0.05) is 12.1 Å². The largest absolute Gasteiger partial charge is 0.505 e. The second kappa shape index (κ2) is 6.64. The fraction of sp³-hybridized carbons (Fsp3) is 0.353. The van der Waals surface area contributed by atoms with Crippen molar-refractivity contribution in [3.63, 3.8) is 0 Å². The van der Waals surface area contributed by atoms with Gasteiger partial charge in [0.25, 0.3) is 0 Å². The molecule has 0 radical (unpaired) electrons. The highest BCUT2D eigenvalue weighted by Crippen LogP contribution is 2.28. The molecular formula is C17H20N4O2. The first-order chi connectivity index (χ1) is 11.1. The van der Waals surface area contributed by atoms with Crippen LogP contribution in [0.25, 0.3) is 0 Å². The zero-order chi connectivity index (χ0) is 16.2. The van der Waals surface area contributed by atoms with Gasteiger partial charge in [-0.05, 0) is 31.4 Å². The van der Waals surface area contributed by atoms with Gasteiger partial charge in [0.05, 0.1) is 11.9 Å². The summed E-state index contributed by atoms with van der Waals surface area (Å²) in [6, 6.07) is 5.35. The number of nitrogens with zero attached hydrogens (tertiary/aromatic N) is 3. The van der Waals surface area contributed by atoms with Crippen LogP contribution in [0.4, 0.5) is 11.5 Å². The molecule has 1 aliphatic rings. The summed E-state index contributed by atoms with van der Waals surface area (Å²) in [6.07, 6.45) is 6.59. The first-order valence-corrected chi connectivity index (χ1v) is 7.75. The van der Waals surface area contributed by atoms with Gasteiger partial charge in [0.15, 0.2) is 0 Å². The van der Waals surface area contributed by atoms with E-state index < -0.39 is 0 Å². The molecule has 0 saturated carbocycles. The molecule has 3 rings (SSSR count). The number of phenols is 1. The third-order valence-electron chi connectivity index (χ3n) is 4.23. The lowest BCUT2D eigenvalue weighted by Crippen LogP contribution is -2.38. The molecule has 1 aliphatic heterocycles. The van der Waals surface area contributed by atoms with Crippen LogP contribution < -0.4 is 10.2 Å². The third-order valence-corrected chi connectivity index (χ3v) is 4.23. The van der Waals surface area contributed by atoms with Crippen molar-refractivity contribution in [3.8, 4) is 5.75 Å². The number of aromatic nitrogens is 2. The van der Waals surface area contributed by atoms with E-state index in [1.165, 1.54) is 0 Å². The molecule has 1 saturated heterocycles. The van der Waals surface area contributed by atoms with Crippen LogP contribution >= 0.6 is 0 Å². The molecule has 0 bridgehead atoms. The topological polar surface area (TPSA) is 78.4 Å². The minimum Gasteiger partial charge on any atom is -0.505 e. The molecule has 2 aromatic rings. The van der Waals surface area contributed by atoms with Gasteiger partial charge < -0.3 is 15.3 Å². The Kier molecular flexibility index (Phi) is 4.41. The maximum absolute atomic E-state index is 12.4. The molecule has 120 valence electrons. The predicted octanol–water partition coefficient (Wildman–Crippen LogP) is 2.35. The van der Waals surface area contributed by atoms with E-state index in [0.29, 0.717) is 5.69 Å². The lowest BCUT2D eigenvalue weighted by molar-refractivity contribution is -0.120. The molecule has 6 heteroatoms. The molecule has 0 spiro atoms. The first-order valence-electron chi connectivity index (χ1n) is 7.75. The zero-order valence-corrected chi connectivity index (χ0v) is 13.1. The number of para-hydroxylation sites is 1. The zero-order valence-electron chi connectivity index (χ0n) is 13.1. The number of nitrogens with one attached hydrogen (secondary N) is 1. The highest BCUT2D eigenvalue weighted by molar-refractivity contribution is 5.94. The van der Waals surface area contributed by atoms with Crippen LogP contribution in [0.3, 0.4) is 0 Å². The second-order valence-electron chi connectivity index (χ2n) is 5.79. The second-order valence-corrected chi connectivity index (χ2v) is 5.79. The van der Waals surface area contributed by atoms with Crippen LogP contribution in [-0.4, -0.2) is 34.1 Å². The van der Waals surface area contributed by atoms with Gasteiger partial charge in [-0.15, -0.1) is 0 Å². The Morgan fingerprint density at radius 1 is 1.30 bits per heavy atom. The maximum Gasteiger partial charge on any atom is 0.227 e. The van der Waals surface area contributed by atoms with E-state index in [4.69, 9.17) is 0 Å². The van der Waals surface area contributed by atoms with Crippen LogP contribution in [0.1, 0.15) is 18.4 Å². The average Bonchev–Trinajstić information content (AvgIpc) is 2.60. The average molecular weight is 312 g/mol. The number of hydrogen-bond acceptors (Lipinski definition) is 5. The fourth-order valence-corrected chi connectivity index (χ4v) is 2.82. The van der Waals surface area contributed by atoms with Crippen LogP contribution in [0.15, 0.2) is 36.8 Å². The fourth-order valence-electron chi connectivity index (χ4n) is 2.82. The van der Waals surface area contributed by atoms with Crippen LogP contribution in [0, 0.1) is 12.8 Å². The van der Waals surface area contributed by atoms with Gasteiger partial charge in [0.2, 0.25) is 5.91 Å². The molecule has 6 nitrogen and oxygen atoms in total. The maximum atomic E-state index is 12.4. The standard InChI is InChI=1S/C17H20N4O2/c1-12-3-2-4-14(16(12)22)20-17(23)13-5-9-21(10-6-13)15-11-18-7-8-19-15/h2-4,7-8,11,13,22H,5-6,9-10H2,1H3,(H,20,23). The van der Waals surface area contributed by atoms with Crippen molar-refractivity contribution in [1.82, 2.24) is 9.97 Å². The Bertz CT molecular complexity index is 682.